The zero-order valence-electron chi connectivity index (χ0n) is 19.9. The van der Waals surface area contributed by atoms with Crippen molar-refractivity contribution in [3.05, 3.63) is 101 Å². The van der Waals surface area contributed by atoms with E-state index in [0.717, 1.165) is 30.5 Å². The molecule has 0 spiro atoms. The van der Waals surface area contributed by atoms with E-state index in [2.05, 4.69) is 4.90 Å². The van der Waals surface area contributed by atoms with Crippen molar-refractivity contribution in [1.29, 1.82) is 0 Å². The predicted octanol–water partition coefficient (Wildman–Crippen LogP) is 5.58. The molecule has 1 N–H and O–H groups in total. The Hall–Kier alpha value is -3.09. The third kappa shape index (κ3) is 5.60. The molecular weight excluding hydrogens is 448 g/mol. The molecule has 4 nitrogen and oxygen atoms in total. The van der Waals surface area contributed by atoms with Gasteiger partial charge in [0.25, 0.3) is 0 Å². The highest BCUT2D eigenvalue weighted by atomic mass is 19.1. The van der Waals surface area contributed by atoms with Gasteiger partial charge in [-0.2, -0.15) is 0 Å². The minimum Gasteiger partial charge on any atom is -0.494 e. The van der Waals surface area contributed by atoms with Crippen LogP contribution in [0.2, 0.25) is 0 Å². The zero-order chi connectivity index (χ0) is 24.8. The number of carbonyl (C=O) groups excluding carboxylic acids is 1. The monoisotopic (exact) mass is 479 g/mol. The van der Waals surface area contributed by atoms with Crippen LogP contribution >= 0.6 is 0 Å². The molecule has 1 atom stereocenters. The first-order valence-electron chi connectivity index (χ1n) is 12.0. The first-order valence-corrected chi connectivity index (χ1v) is 12.0. The summed E-state index contributed by atoms with van der Waals surface area (Å²) in [6, 6.07) is 20.1. The molecule has 3 aromatic rings. The number of ether oxygens (including phenoxy) is 1. The number of aliphatic hydroxyl groups is 1. The van der Waals surface area contributed by atoms with Crippen molar-refractivity contribution in [2.45, 2.75) is 31.7 Å². The van der Waals surface area contributed by atoms with Crippen LogP contribution in [-0.2, 0) is 5.54 Å². The van der Waals surface area contributed by atoms with Crippen LogP contribution in [0.15, 0.2) is 72.8 Å². The topological polar surface area (TPSA) is 49.8 Å². The summed E-state index contributed by atoms with van der Waals surface area (Å²) in [7, 11) is 0. The number of ketones is 1. The van der Waals surface area contributed by atoms with E-state index < -0.39 is 5.54 Å². The number of hydrogen-bond acceptors (Lipinski definition) is 4. The molecule has 1 unspecified atom stereocenters. The number of benzene rings is 3. The molecule has 35 heavy (non-hydrogen) atoms. The van der Waals surface area contributed by atoms with E-state index in [1.165, 1.54) is 31.2 Å². The van der Waals surface area contributed by atoms with Gasteiger partial charge in [0.05, 0.1) is 12.1 Å². The minimum absolute atomic E-state index is 0.0146. The maximum Gasteiger partial charge on any atom is 0.159 e. The lowest BCUT2D eigenvalue weighted by molar-refractivity contribution is 0.0239. The van der Waals surface area contributed by atoms with Gasteiger partial charge in [-0.15, -0.1) is 0 Å². The van der Waals surface area contributed by atoms with Crippen LogP contribution in [-0.4, -0.2) is 42.1 Å². The Labute approximate surface area is 205 Å². The second-order valence-electron chi connectivity index (χ2n) is 9.19. The average Bonchev–Trinajstić information content (AvgIpc) is 2.88. The SMILES string of the molecule is CC(=O)c1ccc(OCCCN2CCC(CO)CC2(c2ccc(F)cc2)c2ccc(F)cc2)cc1. The lowest BCUT2D eigenvalue weighted by Crippen LogP contribution is -2.53. The fourth-order valence-corrected chi connectivity index (χ4v) is 5.09. The van der Waals surface area contributed by atoms with Crippen molar-refractivity contribution in [3.8, 4) is 5.75 Å². The maximum atomic E-state index is 13.8. The van der Waals surface area contributed by atoms with Crippen molar-refractivity contribution in [1.82, 2.24) is 4.90 Å². The fourth-order valence-electron chi connectivity index (χ4n) is 5.09. The molecule has 0 aromatic heterocycles. The van der Waals surface area contributed by atoms with E-state index in [4.69, 9.17) is 4.74 Å². The summed E-state index contributed by atoms with van der Waals surface area (Å²) in [5, 5.41) is 10.0. The van der Waals surface area contributed by atoms with Gasteiger partial charge >= 0.3 is 0 Å². The Morgan fingerprint density at radius 3 is 2.06 bits per heavy atom. The van der Waals surface area contributed by atoms with E-state index in [1.807, 2.05) is 0 Å². The van der Waals surface area contributed by atoms with Crippen molar-refractivity contribution < 1.29 is 23.4 Å². The van der Waals surface area contributed by atoms with Gasteiger partial charge in [-0.05, 0) is 98.3 Å². The van der Waals surface area contributed by atoms with E-state index in [9.17, 15) is 18.7 Å². The normalized spacial score (nSPS) is 17.8. The van der Waals surface area contributed by atoms with Crippen LogP contribution in [0.3, 0.4) is 0 Å². The Balaban J connectivity index is 1.57. The number of halogens is 2. The summed E-state index contributed by atoms with van der Waals surface area (Å²) in [6.45, 7) is 3.54. The van der Waals surface area contributed by atoms with Crippen LogP contribution in [0, 0.1) is 17.6 Å². The largest absolute Gasteiger partial charge is 0.494 e. The molecule has 1 saturated heterocycles. The third-order valence-corrected chi connectivity index (χ3v) is 6.93. The number of rotatable bonds is 9. The molecular formula is C29H31F2NO3. The van der Waals surface area contributed by atoms with Crippen molar-refractivity contribution in [2.24, 2.45) is 5.92 Å². The van der Waals surface area contributed by atoms with Gasteiger partial charge in [0.1, 0.15) is 17.4 Å². The lowest BCUT2D eigenvalue weighted by atomic mass is 9.71. The molecule has 0 saturated carbocycles. The highest BCUT2D eigenvalue weighted by molar-refractivity contribution is 5.94. The standard InChI is InChI=1S/C29H31F2NO3/c1-21(34)23-3-13-28(14-4-23)35-18-2-16-32-17-15-22(20-33)19-29(32,24-5-9-26(30)10-6-24)25-7-11-27(31)12-8-25/h3-14,22,33H,2,15-20H2,1H3. The molecule has 4 rings (SSSR count). The lowest BCUT2D eigenvalue weighted by Gasteiger charge is -2.50. The number of Topliss-reactive ketones (excluding diaryl/α,β-unsaturated/α-hetero) is 1. The molecule has 0 amide bonds. The number of carbonyl (C=O) groups is 1. The molecule has 1 fully saturated rings. The summed E-state index contributed by atoms with van der Waals surface area (Å²) < 4.78 is 33.5. The molecule has 0 bridgehead atoms. The Morgan fingerprint density at radius 1 is 0.971 bits per heavy atom. The van der Waals surface area contributed by atoms with Crippen LogP contribution in [0.25, 0.3) is 0 Å². The third-order valence-electron chi connectivity index (χ3n) is 6.93. The minimum atomic E-state index is -0.615. The number of likely N-dealkylation sites (tertiary alicyclic amines) is 1. The van der Waals surface area contributed by atoms with Gasteiger partial charge in [0, 0.05) is 18.7 Å². The fraction of sp³-hybridized carbons (Fsp3) is 0.345. The van der Waals surface area contributed by atoms with E-state index in [-0.39, 0.29) is 29.9 Å². The van der Waals surface area contributed by atoms with Gasteiger partial charge in [-0.3, -0.25) is 9.69 Å². The second-order valence-corrected chi connectivity index (χ2v) is 9.19. The summed E-state index contributed by atoms with van der Waals surface area (Å²) in [6.07, 6.45) is 2.23. The van der Waals surface area contributed by atoms with Crippen LogP contribution in [0.1, 0.15) is 47.7 Å². The molecule has 1 aliphatic heterocycles. The highest BCUT2D eigenvalue weighted by Crippen LogP contribution is 2.45. The molecule has 0 aliphatic carbocycles. The van der Waals surface area contributed by atoms with Gasteiger partial charge in [0.15, 0.2) is 5.78 Å². The number of aliphatic hydroxyl groups excluding tert-OH is 1. The molecule has 1 heterocycles. The van der Waals surface area contributed by atoms with Crippen LogP contribution in [0.5, 0.6) is 5.75 Å². The summed E-state index contributed by atoms with van der Waals surface area (Å²) in [4.78, 5) is 13.8. The Morgan fingerprint density at radius 2 is 1.54 bits per heavy atom. The molecule has 3 aromatic carbocycles. The quantitative estimate of drug-likeness (QED) is 0.321. The van der Waals surface area contributed by atoms with E-state index in [0.29, 0.717) is 30.9 Å². The summed E-state index contributed by atoms with van der Waals surface area (Å²) in [5.41, 5.74) is 1.87. The second kappa shape index (κ2) is 11.1. The number of hydrogen-bond donors (Lipinski definition) is 1. The first-order chi connectivity index (χ1) is 16.9. The summed E-state index contributed by atoms with van der Waals surface area (Å²) in [5.74, 6) is 0.178. The molecule has 6 heteroatoms. The number of nitrogens with zero attached hydrogens (tertiary/aromatic N) is 1. The average molecular weight is 480 g/mol. The molecule has 1 aliphatic rings. The molecule has 0 radical (unpaired) electrons. The first kappa shape index (κ1) is 25.0. The van der Waals surface area contributed by atoms with E-state index in [1.54, 1.807) is 48.5 Å². The zero-order valence-corrected chi connectivity index (χ0v) is 19.9. The van der Waals surface area contributed by atoms with Gasteiger partial charge in [0.2, 0.25) is 0 Å². The van der Waals surface area contributed by atoms with E-state index >= 15 is 0 Å². The van der Waals surface area contributed by atoms with Crippen molar-refractivity contribution in [2.75, 3.05) is 26.3 Å². The smallest absolute Gasteiger partial charge is 0.159 e. The highest BCUT2D eigenvalue weighted by Gasteiger charge is 2.44. The Kier molecular flexibility index (Phi) is 7.93. The van der Waals surface area contributed by atoms with Crippen molar-refractivity contribution in [3.63, 3.8) is 0 Å². The van der Waals surface area contributed by atoms with Crippen LogP contribution < -0.4 is 4.74 Å². The van der Waals surface area contributed by atoms with Crippen molar-refractivity contribution >= 4 is 5.78 Å². The molecule has 184 valence electrons. The van der Waals surface area contributed by atoms with Gasteiger partial charge in [-0.1, -0.05) is 24.3 Å². The Bertz CT molecular complexity index is 1070. The predicted molar refractivity (Wildman–Crippen MR) is 132 cm³/mol. The number of piperidine rings is 1. The maximum absolute atomic E-state index is 13.8. The summed E-state index contributed by atoms with van der Waals surface area (Å²) >= 11 is 0. The van der Waals surface area contributed by atoms with Gasteiger partial charge in [-0.25, -0.2) is 8.78 Å². The van der Waals surface area contributed by atoms with Crippen LogP contribution in [0.4, 0.5) is 8.78 Å². The van der Waals surface area contributed by atoms with Gasteiger partial charge < -0.3 is 9.84 Å².